The predicted octanol–water partition coefficient (Wildman–Crippen LogP) is 3.78. The van der Waals surface area contributed by atoms with Gasteiger partial charge in [0.15, 0.2) is 0 Å². The van der Waals surface area contributed by atoms with E-state index in [-0.39, 0.29) is 17.3 Å². The zero-order chi connectivity index (χ0) is 17.6. The maximum atomic E-state index is 12.3. The minimum atomic E-state index is -0.501. The highest BCUT2D eigenvalue weighted by Crippen LogP contribution is 2.41. The second-order valence-corrected chi connectivity index (χ2v) is 8.58. The normalized spacial score (nSPS) is 27.0. The van der Waals surface area contributed by atoms with Gasteiger partial charge in [-0.25, -0.2) is 4.79 Å². The second kappa shape index (κ2) is 5.81. The molecular weight excluding hydrogens is 293 g/mol. The van der Waals surface area contributed by atoms with Gasteiger partial charge in [0.25, 0.3) is 0 Å². The summed E-state index contributed by atoms with van der Waals surface area (Å²) in [6.45, 7) is 16.5. The Morgan fingerprint density at radius 3 is 2.26 bits per heavy atom. The number of hydrogen-bond donors (Lipinski definition) is 0. The highest BCUT2D eigenvalue weighted by molar-refractivity contribution is 6.54. The van der Waals surface area contributed by atoms with Gasteiger partial charge >= 0.3 is 13.2 Å². The Bertz CT molecular complexity index is 491. The van der Waals surface area contributed by atoms with Crippen LogP contribution in [0.1, 0.15) is 61.8 Å². The lowest BCUT2D eigenvalue weighted by atomic mass is 9.69. The highest BCUT2D eigenvalue weighted by Gasteiger charge is 2.53. The van der Waals surface area contributed by atoms with Crippen molar-refractivity contribution in [2.75, 3.05) is 6.54 Å². The van der Waals surface area contributed by atoms with Crippen LogP contribution in [0.4, 0.5) is 4.79 Å². The number of allylic oxidation sites excluding steroid dienone is 1. The third-order valence-corrected chi connectivity index (χ3v) is 4.83. The lowest BCUT2D eigenvalue weighted by Gasteiger charge is -2.32. The maximum Gasteiger partial charge on any atom is 0.492 e. The van der Waals surface area contributed by atoms with Crippen molar-refractivity contribution >= 4 is 13.2 Å². The maximum absolute atomic E-state index is 12.3. The summed E-state index contributed by atoms with van der Waals surface area (Å²) < 4.78 is 17.7. The Hall–Kier alpha value is -1.01. The molecule has 1 atom stereocenters. The molecule has 2 aliphatic rings. The zero-order valence-electron chi connectivity index (χ0n) is 15.7. The summed E-state index contributed by atoms with van der Waals surface area (Å²) in [6, 6.07) is 0. The molecule has 0 aliphatic carbocycles. The van der Waals surface area contributed by atoms with Crippen molar-refractivity contribution in [3.63, 3.8) is 0 Å². The highest BCUT2D eigenvalue weighted by atomic mass is 16.7. The van der Waals surface area contributed by atoms with E-state index >= 15 is 0 Å². The Kier molecular flexibility index (Phi) is 4.64. The fourth-order valence-electron chi connectivity index (χ4n) is 2.61. The molecule has 1 saturated heterocycles. The van der Waals surface area contributed by atoms with Gasteiger partial charge in [-0.3, -0.25) is 4.90 Å². The van der Waals surface area contributed by atoms with Crippen molar-refractivity contribution in [1.82, 2.24) is 4.90 Å². The Labute approximate surface area is 140 Å². The molecule has 1 unspecified atom stereocenters. The lowest BCUT2D eigenvalue weighted by molar-refractivity contribution is 0.00578. The molecular formula is C17H30BNO4. The van der Waals surface area contributed by atoms with Gasteiger partial charge < -0.3 is 14.0 Å². The molecule has 23 heavy (non-hydrogen) atoms. The first-order valence-corrected chi connectivity index (χ1v) is 8.39. The summed E-state index contributed by atoms with van der Waals surface area (Å²) in [5, 5.41) is 0. The smallest absolute Gasteiger partial charge is 0.443 e. The van der Waals surface area contributed by atoms with Crippen LogP contribution in [0.15, 0.2) is 11.7 Å². The average molecular weight is 323 g/mol. The molecule has 0 radical (unpaired) electrons. The van der Waals surface area contributed by atoms with Gasteiger partial charge in [-0.05, 0) is 66.3 Å². The van der Waals surface area contributed by atoms with Gasteiger partial charge in [0.1, 0.15) is 5.60 Å². The molecule has 0 aromatic carbocycles. The van der Waals surface area contributed by atoms with Crippen molar-refractivity contribution in [2.24, 2.45) is 5.92 Å². The summed E-state index contributed by atoms with van der Waals surface area (Å²) in [6.07, 6.45) is 2.40. The van der Waals surface area contributed by atoms with Crippen molar-refractivity contribution in [3.8, 4) is 0 Å². The zero-order valence-corrected chi connectivity index (χ0v) is 15.7. The first-order valence-electron chi connectivity index (χ1n) is 8.39. The van der Waals surface area contributed by atoms with E-state index in [1.165, 1.54) is 0 Å². The van der Waals surface area contributed by atoms with Crippen LogP contribution in [0.5, 0.6) is 0 Å². The monoisotopic (exact) mass is 323 g/mol. The lowest BCUT2D eigenvalue weighted by Crippen LogP contribution is -2.41. The average Bonchev–Trinajstić information content (AvgIpc) is 2.56. The fraction of sp³-hybridized carbons (Fsp3) is 0.824. The first kappa shape index (κ1) is 18.3. The van der Waals surface area contributed by atoms with Crippen LogP contribution in [-0.4, -0.2) is 41.5 Å². The number of nitrogens with zero attached hydrogens (tertiary/aromatic N) is 1. The summed E-state index contributed by atoms with van der Waals surface area (Å²) >= 11 is 0. The molecule has 2 heterocycles. The predicted molar refractivity (Wildman–Crippen MR) is 90.9 cm³/mol. The van der Waals surface area contributed by atoms with E-state index in [1.807, 2.05) is 54.7 Å². The van der Waals surface area contributed by atoms with Crippen molar-refractivity contribution in [3.05, 3.63) is 11.7 Å². The van der Waals surface area contributed by atoms with Gasteiger partial charge in [0.2, 0.25) is 0 Å². The van der Waals surface area contributed by atoms with E-state index < -0.39 is 12.7 Å². The van der Waals surface area contributed by atoms with Crippen LogP contribution in [0.25, 0.3) is 0 Å². The van der Waals surface area contributed by atoms with Crippen LogP contribution >= 0.6 is 0 Å². The number of ether oxygens (including phenoxy) is 1. The van der Waals surface area contributed by atoms with Gasteiger partial charge in [-0.15, -0.1) is 0 Å². The molecule has 0 aromatic heterocycles. The molecule has 130 valence electrons. The van der Waals surface area contributed by atoms with Gasteiger partial charge in [-0.1, -0.05) is 6.92 Å². The minimum absolute atomic E-state index is 0.309. The van der Waals surface area contributed by atoms with Gasteiger partial charge in [0.05, 0.1) is 11.2 Å². The SMILES string of the molecule is CC1CCN(C(=O)OC(C)(C)C)C=C1B1OC(C)(C)C(C)(C)O1. The molecule has 0 bridgehead atoms. The minimum Gasteiger partial charge on any atom is -0.443 e. The Morgan fingerprint density at radius 2 is 1.78 bits per heavy atom. The molecule has 6 heteroatoms. The Morgan fingerprint density at radius 1 is 1.26 bits per heavy atom. The second-order valence-electron chi connectivity index (χ2n) is 8.58. The van der Waals surface area contributed by atoms with Crippen LogP contribution in [0.3, 0.4) is 0 Å². The van der Waals surface area contributed by atoms with E-state index in [0.717, 1.165) is 11.9 Å². The van der Waals surface area contributed by atoms with Gasteiger partial charge in [0, 0.05) is 12.7 Å². The van der Waals surface area contributed by atoms with Crippen molar-refractivity contribution in [1.29, 1.82) is 0 Å². The van der Waals surface area contributed by atoms with Crippen LogP contribution < -0.4 is 0 Å². The fourth-order valence-corrected chi connectivity index (χ4v) is 2.61. The standard InChI is InChI=1S/C17H30BNO4/c1-12-9-10-19(14(20)21-15(2,3)4)11-13(12)18-22-16(5,6)17(7,8)23-18/h11-12H,9-10H2,1-8H3. The molecule has 1 amide bonds. The molecule has 1 fully saturated rings. The van der Waals surface area contributed by atoms with Crippen LogP contribution in [-0.2, 0) is 14.0 Å². The van der Waals surface area contributed by atoms with E-state index in [9.17, 15) is 4.79 Å². The molecule has 5 nitrogen and oxygen atoms in total. The largest absolute Gasteiger partial charge is 0.492 e. The van der Waals surface area contributed by atoms with Crippen molar-refractivity contribution < 1.29 is 18.8 Å². The summed E-state index contributed by atoms with van der Waals surface area (Å²) in [7, 11) is -0.416. The van der Waals surface area contributed by atoms with E-state index in [4.69, 9.17) is 14.0 Å². The number of carbonyl (C=O) groups excluding carboxylic acids is 1. The number of hydrogen-bond acceptors (Lipinski definition) is 4. The molecule has 2 aliphatic heterocycles. The molecule has 0 spiro atoms. The molecule has 0 aromatic rings. The third-order valence-electron chi connectivity index (χ3n) is 4.83. The topological polar surface area (TPSA) is 48.0 Å². The third kappa shape index (κ3) is 3.91. The number of carbonyl (C=O) groups is 1. The van der Waals surface area contributed by atoms with E-state index in [2.05, 4.69) is 6.92 Å². The quantitative estimate of drug-likeness (QED) is 0.689. The summed E-state index contributed by atoms with van der Waals surface area (Å²) in [5.74, 6) is 0.309. The number of amides is 1. The van der Waals surface area contributed by atoms with Gasteiger partial charge in [-0.2, -0.15) is 0 Å². The van der Waals surface area contributed by atoms with E-state index in [1.54, 1.807) is 4.90 Å². The van der Waals surface area contributed by atoms with Crippen LogP contribution in [0, 0.1) is 5.92 Å². The van der Waals surface area contributed by atoms with Crippen molar-refractivity contribution in [2.45, 2.75) is 78.6 Å². The molecule has 0 saturated carbocycles. The number of rotatable bonds is 1. The Balaban J connectivity index is 2.19. The molecule has 0 N–H and O–H groups in total. The summed E-state index contributed by atoms with van der Waals surface area (Å²) in [4.78, 5) is 13.9. The molecule has 2 rings (SSSR count). The summed E-state index contributed by atoms with van der Waals surface area (Å²) in [5.41, 5.74) is -0.266. The van der Waals surface area contributed by atoms with E-state index in [0.29, 0.717) is 12.5 Å². The first-order chi connectivity index (χ1) is 10.3. The van der Waals surface area contributed by atoms with Crippen LogP contribution in [0.2, 0.25) is 0 Å².